The van der Waals surface area contributed by atoms with Crippen LogP contribution in [0, 0.1) is 0 Å². The Morgan fingerprint density at radius 2 is 2.03 bits per heavy atom. The van der Waals surface area contributed by atoms with Crippen LogP contribution >= 0.6 is 0 Å². The molecule has 1 fully saturated rings. The summed E-state index contributed by atoms with van der Waals surface area (Å²) in [5.41, 5.74) is 2.14. The third-order valence-corrected chi connectivity index (χ3v) is 5.36. The Morgan fingerprint density at radius 3 is 2.69 bits per heavy atom. The van der Waals surface area contributed by atoms with Crippen LogP contribution in [0.2, 0.25) is 0 Å². The monoisotopic (exact) mass is 494 g/mol. The summed E-state index contributed by atoms with van der Waals surface area (Å²) in [6.07, 6.45) is -1.97. The van der Waals surface area contributed by atoms with Crippen molar-refractivity contribution in [2.24, 2.45) is 0 Å². The van der Waals surface area contributed by atoms with Crippen LogP contribution in [0.1, 0.15) is 12.5 Å². The minimum Gasteiger partial charge on any atom is -0.449 e. The first-order valence-corrected chi connectivity index (χ1v) is 11.0. The summed E-state index contributed by atoms with van der Waals surface area (Å²) in [6.45, 7) is 1.45. The molecule has 12 nitrogen and oxygen atoms in total. The Morgan fingerprint density at radius 1 is 1.25 bits per heavy atom. The number of ether oxygens (including phenoxy) is 2. The van der Waals surface area contributed by atoms with Crippen molar-refractivity contribution in [3.63, 3.8) is 0 Å². The minimum absolute atomic E-state index is 0.101. The molecule has 2 heterocycles. The molecule has 2 aromatic carbocycles. The molecule has 36 heavy (non-hydrogen) atoms. The first-order chi connectivity index (χ1) is 17.4. The molecule has 0 saturated carbocycles. The number of esters is 1. The molecule has 0 radical (unpaired) electrons. The topological polar surface area (TPSA) is 161 Å². The molecule has 0 aliphatic carbocycles. The van der Waals surface area contributed by atoms with E-state index >= 15 is 0 Å². The average Bonchev–Trinajstić information content (AvgIpc) is 3.30. The number of morpholine rings is 1. The predicted molar refractivity (Wildman–Crippen MR) is 125 cm³/mol. The Hall–Kier alpha value is -4.58. The molecule has 1 aromatic heterocycles. The predicted octanol–water partition coefficient (Wildman–Crippen LogP) is 1.07. The number of benzene rings is 2. The SMILES string of the molecule is CC(=O)O[C@@H](C(=O)Nc1ccc(-c2noc(=O)[nH]2)cc1)[C@H]1OCCN(c2cccc(CC=O)c2)C1=O. The number of hydrogen-bond donors (Lipinski definition) is 2. The quantitative estimate of drug-likeness (QED) is 0.345. The van der Waals surface area contributed by atoms with Gasteiger partial charge in [-0.3, -0.25) is 23.9 Å². The lowest BCUT2D eigenvalue weighted by Gasteiger charge is -2.35. The second-order valence-corrected chi connectivity index (χ2v) is 7.86. The number of hydrogen-bond acceptors (Lipinski definition) is 9. The lowest BCUT2D eigenvalue weighted by molar-refractivity contribution is -0.167. The van der Waals surface area contributed by atoms with Gasteiger partial charge in [-0.25, -0.2) is 4.79 Å². The zero-order valence-electron chi connectivity index (χ0n) is 19.1. The second-order valence-electron chi connectivity index (χ2n) is 7.86. The van der Waals surface area contributed by atoms with Crippen molar-refractivity contribution < 1.29 is 33.2 Å². The lowest BCUT2D eigenvalue weighted by atomic mass is 10.1. The second kappa shape index (κ2) is 10.8. The van der Waals surface area contributed by atoms with Crippen LogP contribution in [0.25, 0.3) is 11.4 Å². The van der Waals surface area contributed by atoms with Gasteiger partial charge < -0.3 is 24.5 Å². The van der Waals surface area contributed by atoms with Crippen molar-refractivity contribution in [3.05, 3.63) is 64.6 Å². The van der Waals surface area contributed by atoms with E-state index in [1.807, 2.05) is 0 Å². The summed E-state index contributed by atoms with van der Waals surface area (Å²) in [6, 6.07) is 13.2. The number of aromatic amines is 1. The zero-order chi connectivity index (χ0) is 25.7. The summed E-state index contributed by atoms with van der Waals surface area (Å²) < 4.78 is 15.3. The zero-order valence-corrected chi connectivity index (χ0v) is 19.1. The number of nitrogens with one attached hydrogen (secondary N) is 2. The van der Waals surface area contributed by atoms with Crippen LogP contribution in [-0.4, -0.2) is 59.6 Å². The standard InChI is InChI=1S/C24H22N4O8/c1-14(30)35-19(22(31)25-17-7-5-16(6-8-17)21-26-24(33)36-27-21)20-23(32)28(10-12-34-20)18-4-2-3-15(13-18)9-11-29/h2-8,11,13,19-20H,9-10,12H2,1H3,(H,25,31)(H,26,27,33)/t19-,20-/m1/s1. The van der Waals surface area contributed by atoms with Gasteiger partial charge in [0.25, 0.3) is 11.8 Å². The van der Waals surface area contributed by atoms with Crippen LogP contribution in [-0.2, 0) is 35.1 Å². The summed E-state index contributed by atoms with van der Waals surface area (Å²) >= 11 is 0. The van der Waals surface area contributed by atoms with E-state index < -0.39 is 35.7 Å². The molecule has 2 atom stereocenters. The largest absolute Gasteiger partial charge is 0.449 e. The fourth-order valence-electron chi connectivity index (χ4n) is 3.74. The molecular weight excluding hydrogens is 472 g/mol. The lowest BCUT2D eigenvalue weighted by Crippen LogP contribution is -2.56. The number of carbonyl (C=O) groups excluding carboxylic acids is 4. The number of aromatic nitrogens is 2. The smallest absolute Gasteiger partial charge is 0.439 e. The Kier molecular flexibility index (Phi) is 7.35. The van der Waals surface area contributed by atoms with Gasteiger partial charge in [-0.1, -0.05) is 17.3 Å². The Labute approximate surface area is 204 Å². The average molecular weight is 494 g/mol. The van der Waals surface area contributed by atoms with Crippen molar-refractivity contribution in [2.75, 3.05) is 23.4 Å². The maximum Gasteiger partial charge on any atom is 0.439 e. The number of H-pyrrole nitrogens is 1. The molecule has 0 unspecified atom stereocenters. The van der Waals surface area contributed by atoms with E-state index in [1.165, 1.54) is 4.90 Å². The molecule has 0 bridgehead atoms. The molecule has 0 spiro atoms. The molecular formula is C24H22N4O8. The van der Waals surface area contributed by atoms with E-state index in [-0.39, 0.29) is 25.4 Å². The van der Waals surface area contributed by atoms with Crippen LogP contribution < -0.4 is 16.0 Å². The summed E-state index contributed by atoms with van der Waals surface area (Å²) in [5.74, 6) is -2.57. The Bertz CT molecular complexity index is 1330. The minimum atomic E-state index is -1.55. The molecule has 3 aromatic rings. The first kappa shape index (κ1) is 24.5. The van der Waals surface area contributed by atoms with E-state index in [2.05, 4.69) is 20.0 Å². The van der Waals surface area contributed by atoms with E-state index in [0.717, 1.165) is 18.8 Å². The maximum absolute atomic E-state index is 13.3. The molecule has 12 heteroatoms. The Balaban J connectivity index is 1.52. The summed E-state index contributed by atoms with van der Waals surface area (Å²) in [7, 11) is 0. The molecule has 4 rings (SSSR count). The number of rotatable bonds is 8. The van der Waals surface area contributed by atoms with E-state index in [4.69, 9.17) is 9.47 Å². The summed E-state index contributed by atoms with van der Waals surface area (Å²) in [4.78, 5) is 64.0. The fraction of sp³-hybridized carbons (Fsp3) is 0.250. The van der Waals surface area contributed by atoms with Gasteiger partial charge in [-0.2, -0.15) is 0 Å². The number of aldehydes is 1. The van der Waals surface area contributed by atoms with Gasteiger partial charge in [0, 0.05) is 36.8 Å². The highest BCUT2D eigenvalue weighted by atomic mass is 16.6. The highest BCUT2D eigenvalue weighted by Gasteiger charge is 2.42. The van der Waals surface area contributed by atoms with Gasteiger partial charge in [0.2, 0.25) is 6.10 Å². The van der Waals surface area contributed by atoms with Gasteiger partial charge in [-0.05, 0) is 42.0 Å². The number of amides is 2. The van der Waals surface area contributed by atoms with Crippen molar-refractivity contribution in [2.45, 2.75) is 25.6 Å². The van der Waals surface area contributed by atoms with Crippen molar-refractivity contribution >= 4 is 35.4 Å². The third-order valence-electron chi connectivity index (χ3n) is 5.36. The van der Waals surface area contributed by atoms with Gasteiger partial charge in [0.15, 0.2) is 11.9 Å². The first-order valence-electron chi connectivity index (χ1n) is 11.0. The van der Waals surface area contributed by atoms with Gasteiger partial charge in [-0.15, -0.1) is 0 Å². The van der Waals surface area contributed by atoms with E-state index in [1.54, 1.807) is 48.5 Å². The van der Waals surface area contributed by atoms with Crippen LogP contribution in [0.3, 0.4) is 0 Å². The van der Waals surface area contributed by atoms with Crippen LogP contribution in [0.4, 0.5) is 11.4 Å². The van der Waals surface area contributed by atoms with Crippen molar-refractivity contribution in [1.82, 2.24) is 10.1 Å². The molecule has 1 aliphatic rings. The fourth-order valence-corrected chi connectivity index (χ4v) is 3.74. The van der Waals surface area contributed by atoms with Crippen molar-refractivity contribution in [1.29, 1.82) is 0 Å². The molecule has 2 amide bonds. The van der Waals surface area contributed by atoms with E-state index in [9.17, 15) is 24.0 Å². The number of nitrogens with zero attached hydrogens (tertiary/aromatic N) is 2. The van der Waals surface area contributed by atoms with Gasteiger partial charge in [0.05, 0.1) is 6.61 Å². The molecule has 186 valence electrons. The molecule has 1 aliphatic heterocycles. The molecule has 2 N–H and O–H groups in total. The van der Waals surface area contributed by atoms with Gasteiger partial charge in [0.1, 0.15) is 6.29 Å². The summed E-state index contributed by atoms with van der Waals surface area (Å²) in [5, 5.41) is 6.20. The van der Waals surface area contributed by atoms with Crippen LogP contribution in [0.15, 0.2) is 57.8 Å². The molecule has 1 saturated heterocycles. The highest BCUT2D eigenvalue weighted by Crippen LogP contribution is 2.24. The van der Waals surface area contributed by atoms with E-state index in [0.29, 0.717) is 16.9 Å². The number of anilines is 2. The van der Waals surface area contributed by atoms with Gasteiger partial charge >= 0.3 is 11.7 Å². The van der Waals surface area contributed by atoms with Crippen LogP contribution in [0.5, 0.6) is 0 Å². The third kappa shape index (κ3) is 5.55. The van der Waals surface area contributed by atoms with Crippen molar-refractivity contribution in [3.8, 4) is 11.4 Å². The number of carbonyl (C=O) groups is 4. The highest BCUT2D eigenvalue weighted by molar-refractivity contribution is 6.04. The normalized spacial score (nSPS) is 16.3. The maximum atomic E-state index is 13.3.